The van der Waals surface area contributed by atoms with E-state index in [0.717, 1.165) is 5.56 Å². The highest BCUT2D eigenvalue weighted by molar-refractivity contribution is 5.79. The van der Waals surface area contributed by atoms with Crippen LogP contribution in [-0.4, -0.2) is 35.0 Å². The second-order valence-electron chi connectivity index (χ2n) is 6.00. The largest absolute Gasteiger partial charge is 0.481 e. The quantitative estimate of drug-likeness (QED) is 0.685. The Balaban J connectivity index is 2.01. The number of amides is 1. The van der Waals surface area contributed by atoms with Crippen LogP contribution in [0.5, 0.6) is 5.75 Å². The predicted molar refractivity (Wildman–Crippen MR) is 95.5 cm³/mol. The topological polar surface area (TPSA) is 66.8 Å². The summed E-state index contributed by atoms with van der Waals surface area (Å²) in [4.78, 5) is 25.0. The summed E-state index contributed by atoms with van der Waals surface area (Å²) in [6, 6.07) is 15.3. The minimum atomic E-state index is -2.90. The molecule has 1 N–H and O–H groups in total. The van der Waals surface area contributed by atoms with E-state index in [2.05, 4.69) is 4.74 Å². The number of nitrogens with zero attached hydrogens (tertiary/aromatic N) is 1. The second kappa shape index (κ2) is 10.3. The number of aliphatic carboxylic acids is 1. The van der Waals surface area contributed by atoms with Crippen LogP contribution in [-0.2, 0) is 22.6 Å². The maximum Gasteiger partial charge on any atom is 0.387 e. The van der Waals surface area contributed by atoms with Crippen LogP contribution in [0, 0.1) is 0 Å². The number of carboxylic acid groups (broad SMARTS) is 1. The van der Waals surface area contributed by atoms with E-state index in [1.165, 1.54) is 12.1 Å². The predicted octanol–water partition coefficient (Wildman–Crippen LogP) is 3.72. The van der Waals surface area contributed by atoms with Gasteiger partial charge in [-0.2, -0.15) is 8.78 Å². The normalized spacial score (nSPS) is 10.6. The molecular weight excluding hydrogens is 356 g/mol. The molecule has 0 unspecified atom stereocenters. The van der Waals surface area contributed by atoms with Crippen LogP contribution >= 0.6 is 0 Å². The number of benzene rings is 2. The minimum Gasteiger partial charge on any atom is -0.481 e. The first-order valence-electron chi connectivity index (χ1n) is 8.51. The van der Waals surface area contributed by atoms with Crippen molar-refractivity contribution < 1.29 is 28.2 Å². The number of hydrogen-bond acceptors (Lipinski definition) is 3. The summed E-state index contributed by atoms with van der Waals surface area (Å²) in [5.41, 5.74) is 1.61. The fourth-order valence-corrected chi connectivity index (χ4v) is 2.59. The SMILES string of the molecule is O=C(O)CCCN(Cc1ccccc1)C(=O)Cc1ccc(OC(F)F)cc1. The van der Waals surface area contributed by atoms with Crippen LogP contribution in [0.1, 0.15) is 24.0 Å². The van der Waals surface area contributed by atoms with E-state index in [0.29, 0.717) is 25.1 Å². The third kappa shape index (κ3) is 7.43. The smallest absolute Gasteiger partial charge is 0.387 e. The molecule has 2 rings (SSSR count). The van der Waals surface area contributed by atoms with E-state index in [4.69, 9.17) is 5.11 Å². The number of rotatable bonds is 10. The summed E-state index contributed by atoms with van der Waals surface area (Å²) in [6.45, 7) is -2.19. The lowest BCUT2D eigenvalue weighted by Crippen LogP contribution is -2.33. The average Bonchev–Trinajstić information content (AvgIpc) is 2.62. The van der Waals surface area contributed by atoms with E-state index in [1.54, 1.807) is 17.0 Å². The summed E-state index contributed by atoms with van der Waals surface area (Å²) >= 11 is 0. The third-order valence-electron chi connectivity index (χ3n) is 3.89. The van der Waals surface area contributed by atoms with E-state index in [9.17, 15) is 18.4 Å². The van der Waals surface area contributed by atoms with E-state index >= 15 is 0 Å². The molecule has 0 saturated heterocycles. The van der Waals surface area contributed by atoms with Gasteiger partial charge in [0.1, 0.15) is 5.75 Å². The number of carboxylic acids is 1. The van der Waals surface area contributed by atoms with Gasteiger partial charge >= 0.3 is 12.6 Å². The number of hydrogen-bond donors (Lipinski definition) is 1. The molecule has 1 amide bonds. The Bertz CT molecular complexity index is 735. The van der Waals surface area contributed by atoms with Gasteiger partial charge in [-0.05, 0) is 29.7 Å². The van der Waals surface area contributed by atoms with Gasteiger partial charge in [0, 0.05) is 19.5 Å². The molecular formula is C20H21F2NO4. The van der Waals surface area contributed by atoms with Crippen molar-refractivity contribution in [3.05, 3.63) is 65.7 Å². The molecule has 0 saturated carbocycles. The molecule has 0 heterocycles. The van der Waals surface area contributed by atoms with Crippen molar-refractivity contribution in [2.45, 2.75) is 32.4 Å². The lowest BCUT2D eigenvalue weighted by atomic mass is 10.1. The average molecular weight is 377 g/mol. The molecule has 0 spiro atoms. The van der Waals surface area contributed by atoms with Crippen LogP contribution < -0.4 is 4.74 Å². The van der Waals surface area contributed by atoms with Crippen molar-refractivity contribution in [2.75, 3.05) is 6.54 Å². The summed E-state index contributed by atoms with van der Waals surface area (Å²) < 4.78 is 28.7. The first-order chi connectivity index (χ1) is 12.9. The van der Waals surface area contributed by atoms with Gasteiger partial charge in [-0.25, -0.2) is 0 Å². The molecule has 7 heteroatoms. The molecule has 0 bridgehead atoms. The number of alkyl halides is 2. The fourth-order valence-electron chi connectivity index (χ4n) is 2.59. The van der Waals surface area contributed by atoms with Crippen molar-refractivity contribution in [3.8, 4) is 5.75 Å². The van der Waals surface area contributed by atoms with Crippen LogP contribution in [0.2, 0.25) is 0 Å². The molecule has 144 valence electrons. The maximum atomic E-state index is 12.7. The van der Waals surface area contributed by atoms with Gasteiger partial charge in [0.05, 0.1) is 6.42 Å². The van der Waals surface area contributed by atoms with Gasteiger partial charge in [0.15, 0.2) is 0 Å². The van der Waals surface area contributed by atoms with Gasteiger partial charge < -0.3 is 14.7 Å². The van der Waals surface area contributed by atoms with Crippen molar-refractivity contribution in [2.24, 2.45) is 0 Å². The zero-order valence-electron chi connectivity index (χ0n) is 14.7. The van der Waals surface area contributed by atoms with Crippen LogP contribution in [0.4, 0.5) is 8.78 Å². The zero-order valence-corrected chi connectivity index (χ0v) is 14.7. The Hall–Kier alpha value is -2.96. The first-order valence-corrected chi connectivity index (χ1v) is 8.51. The number of halogens is 2. The maximum absolute atomic E-state index is 12.7. The van der Waals surface area contributed by atoms with Gasteiger partial charge in [-0.3, -0.25) is 9.59 Å². The van der Waals surface area contributed by atoms with Gasteiger partial charge in [-0.15, -0.1) is 0 Å². The molecule has 2 aromatic rings. The molecule has 5 nitrogen and oxygen atoms in total. The monoisotopic (exact) mass is 377 g/mol. The Kier molecular flexibility index (Phi) is 7.73. The van der Waals surface area contributed by atoms with Crippen molar-refractivity contribution in [3.63, 3.8) is 0 Å². The van der Waals surface area contributed by atoms with Crippen molar-refractivity contribution in [1.82, 2.24) is 4.90 Å². The highest BCUT2D eigenvalue weighted by Crippen LogP contribution is 2.16. The van der Waals surface area contributed by atoms with E-state index in [-0.39, 0.29) is 24.5 Å². The van der Waals surface area contributed by atoms with Crippen molar-refractivity contribution >= 4 is 11.9 Å². The van der Waals surface area contributed by atoms with Crippen LogP contribution in [0.25, 0.3) is 0 Å². The highest BCUT2D eigenvalue weighted by Gasteiger charge is 2.15. The zero-order chi connectivity index (χ0) is 19.6. The molecule has 0 aromatic heterocycles. The molecule has 27 heavy (non-hydrogen) atoms. The Morgan fingerprint density at radius 3 is 2.26 bits per heavy atom. The van der Waals surface area contributed by atoms with Gasteiger partial charge in [0.2, 0.25) is 5.91 Å². The van der Waals surface area contributed by atoms with Gasteiger partial charge in [-0.1, -0.05) is 42.5 Å². The Morgan fingerprint density at radius 1 is 1.00 bits per heavy atom. The van der Waals surface area contributed by atoms with E-state index in [1.807, 2.05) is 30.3 Å². The fraction of sp³-hybridized carbons (Fsp3) is 0.300. The molecule has 0 aliphatic heterocycles. The molecule has 0 fully saturated rings. The number of carbonyl (C=O) groups is 2. The molecule has 0 aliphatic rings. The molecule has 2 aromatic carbocycles. The first kappa shape index (κ1) is 20.4. The summed E-state index contributed by atoms with van der Waals surface area (Å²) in [7, 11) is 0. The number of ether oxygens (including phenoxy) is 1. The molecule has 0 atom stereocenters. The standard InChI is InChI=1S/C20H21F2NO4/c21-20(22)27-17-10-8-15(9-11-17)13-18(24)23(12-4-7-19(25)26)14-16-5-2-1-3-6-16/h1-3,5-6,8-11,20H,4,7,12-14H2,(H,25,26). The summed E-state index contributed by atoms with van der Waals surface area (Å²) in [5, 5.41) is 8.81. The minimum absolute atomic E-state index is 0.0156. The van der Waals surface area contributed by atoms with Crippen LogP contribution in [0.15, 0.2) is 54.6 Å². The third-order valence-corrected chi connectivity index (χ3v) is 3.89. The second-order valence-corrected chi connectivity index (χ2v) is 6.00. The van der Waals surface area contributed by atoms with E-state index < -0.39 is 12.6 Å². The lowest BCUT2D eigenvalue weighted by Gasteiger charge is -2.23. The Labute approximate surface area is 156 Å². The summed E-state index contributed by atoms with van der Waals surface area (Å²) in [6.07, 6.45) is 0.433. The van der Waals surface area contributed by atoms with Gasteiger partial charge in [0.25, 0.3) is 0 Å². The summed E-state index contributed by atoms with van der Waals surface area (Å²) in [5.74, 6) is -1.03. The lowest BCUT2D eigenvalue weighted by molar-refractivity contribution is -0.138. The van der Waals surface area contributed by atoms with Crippen LogP contribution in [0.3, 0.4) is 0 Å². The highest BCUT2D eigenvalue weighted by atomic mass is 19.3. The van der Waals surface area contributed by atoms with Crippen molar-refractivity contribution in [1.29, 1.82) is 0 Å². The Morgan fingerprint density at radius 2 is 1.67 bits per heavy atom. The number of carbonyl (C=O) groups excluding carboxylic acids is 1. The molecule has 0 aliphatic carbocycles. The molecule has 0 radical (unpaired) electrons.